The van der Waals surface area contributed by atoms with E-state index in [1.807, 2.05) is 0 Å². The fourth-order valence-electron chi connectivity index (χ4n) is 0.158. The quantitative estimate of drug-likeness (QED) is 0.423. The van der Waals surface area contributed by atoms with E-state index in [9.17, 15) is 9.90 Å². The smallest absolute Gasteiger partial charge is 0.136 e. The summed E-state index contributed by atoms with van der Waals surface area (Å²) in [4.78, 5) is 9.79. The number of rotatable bonds is 3. The summed E-state index contributed by atoms with van der Waals surface area (Å²) in [5, 5.41) is 9.79. The Bertz CT molecular complexity index is 86.6. The van der Waals surface area contributed by atoms with E-state index in [2.05, 4.69) is 5.73 Å². The van der Waals surface area contributed by atoms with Gasteiger partial charge >= 0.3 is 0 Å². The molecule has 0 aromatic rings. The highest BCUT2D eigenvalue weighted by atomic mass is 32.2. The summed E-state index contributed by atoms with van der Waals surface area (Å²) >= 11 is 0.455. The van der Waals surface area contributed by atoms with Crippen molar-refractivity contribution in [2.24, 2.45) is 0 Å². The number of carboxylic acid groups (broad SMARTS) is 1. The molecular formula is C3H7NO3S. The lowest BCUT2D eigenvalue weighted by molar-refractivity contribution is -0.431. The molecule has 0 saturated heterocycles. The molecule has 0 heterocycles. The van der Waals surface area contributed by atoms with Gasteiger partial charge in [-0.2, -0.15) is 0 Å². The van der Waals surface area contributed by atoms with Gasteiger partial charge in [-0.25, -0.2) is 0 Å². The molecule has 0 radical (unpaired) electrons. The first kappa shape index (κ1) is 7.74. The number of carbonyl (C=O) groups excluding carboxylic acids is 1. The van der Waals surface area contributed by atoms with Crippen molar-refractivity contribution >= 4 is 18.0 Å². The van der Waals surface area contributed by atoms with Crippen molar-refractivity contribution in [3.63, 3.8) is 0 Å². The summed E-state index contributed by atoms with van der Waals surface area (Å²) in [5.74, 6) is -1.14. The molecule has 0 fully saturated rings. The minimum Gasteiger partial charge on any atom is -0.544 e. The average molecular weight is 137 g/mol. The van der Waals surface area contributed by atoms with Gasteiger partial charge < -0.3 is 20.2 Å². The predicted octanol–water partition coefficient (Wildman–Crippen LogP) is -2.45. The number of carbonyl (C=O) groups is 1. The van der Waals surface area contributed by atoms with E-state index in [0.717, 1.165) is 0 Å². The Balaban J connectivity index is 3.32. The second-order valence-electron chi connectivity index (χ2n) is 1.31. The van der Waals surface area contributed by atoms with Crippen molar-refractivity contribution in [2.45, 2.75) is 6.04 Å². The second-order valence-corrected chi connectivity index (χ2v) is 1.90. The lowest BCUT2D eigenvalue weighted by Gasteiger charge is -2.04. The third kappa shape index (κ3) is 2.84. The Hall–Kier alpha value is -0.260. The molecular weight excluding hydrogens is 130 g/mol. The van der Waals surface area contributed by atoms with Gasteiger partial charge in [0.05, 0.1) is 5.75 Å². The van der Waals surface area contributed by atoms with Crippen LogP contribution >= 0.6 is 12.0 Å². The van der Waals surface area contributed by atoms with Crippen molar-refractivity contribution in [2.75, 3.05) is 5.75 Å². The maximum atomic E-state index is 9.79. The SMILES string of the molecule is [NH3+][C@@H](CSO)C(=O)[O-]. The lowest BCUT2D eigenvalue weighted by Crippen LogP contribution is -2.69. The lowest BCUT2D eigenvalue weighted by atomic mass is 10.4. The first-order valence-electron chi connectivity index (χ1n) is 1.98. The normalized spacial score (nSPS) is 13.2. The van der Waals surface area contributed by atoms with Crippen LogP contribution in [0, 0.1) is 0 Å². The molecule has 0 aromatic heterocycles. The number of hydrogen-bond acceptors (Lipinski definition) is 4. The maximum absolute atomic E-state index is 9.79. The van der Waals surface area contributed by atoms with Crippen molar-refractivity contribution < 1.29 is 20.2 Å². The first-order valence-corrected chi connectivity index (χ1v) is 2.93. The van der Waals surface area contributed by atoms with Gasteiger partial charge in [-0.05, 0) is 12.0 Å². The minimum atomic E-state index is -1.23. The highest BCUT2D eigenvalue weighted by Gasteiger charge is 2.04. The highest BCUT2D eigenvalue weighted by Crippen LogP contribution is 1.89. The van der Waals surface area contributed by atoms with Gasteiger partial charge in [-0.1, -0.05) is 0 Å². The molecule has 4 N–H and O–H groups in total. The van der Waals surface area contributed by atoms with Crippen LogP contribution in [-0.4, -0.2) is 22.3 Å². The number of hydrogen-bond donors (Lipinski definition) is 2. The van der Waals surface area contributed by atoms with Gasteiger partial charge in [0.25, 0.3) is 0 Å². The van der Waals surface area contributed by atoms with Crippen molar-refractivity contribution in [3.05, 3.63) is 0 Å². The van der Waals surface area contributed by atoms with Crippen molar-refractivity contribution in [1.29, 1.82) is 0 Å². The summed E-state index contributed by atoms with van der Waals surface area (Å²) < 4.78 is 8.07. The molecule has 0 aliphatic heterocycles. The zero-order chi connectivity index (χ0) is 6.57. The summed E-state index contributed by atoms with van der Waals surface area (Å²) in [6, 6.07) is -0.815. The summed E-state index contributed by atoms with van der Waals surface area (Å²) in [7, 11) is 0. The molecule has 4 nitrogen and oxygen atoms in total. The predicted molar refractivity (Wildman–Crippen MR) is 26.8 cm³/mol. The Morgan fingerprint density at radius 1 is 2.00 bits per heavy atom. The molecule has 0 aromatic carbocycles. The summed E-state index contributed by atoms with van der Waals surface area (Å²) in [6.07, 6.45) is 0. The molecule has 48 valence electrons. The Morgan fingerprint density at radius 3 is 2.62 bits per heavy atom. The number of aliphatic carboxylic acids is 1. The van der Waals surface area contributed by atoms with Crippen LogP contribution in [0.5, 0.6) is 0 Å². The molecule has 0 bridgehead atoms. The highest BCUT2D eigenvalue weighted by molar-refractivity contribution is 7.93. The topological polar surface area (TPSA) is 88.0 Å². The standard InChI is InChI=1S/C3H7NO3S/c4-2(1-8-7)3(5)6/h2,7H,1,4H2,(H,5,6)/t2-/m0/s1. The molecule has 0 amide bonds. The molecule has 0 spiro atoms. The van der Waals surface area contributed by atoms with E-state index in [4.69, 9.17) is 4.55 Å². The van der Waals surface area contributed by atoms with Crippen LogP contribution in [0.1, 0.15) is 0 Å². The largest absolute Gasteiger partial charge is 0.544 e. The van der Waals surface area contributed by atoms with Gasteiger partial charge in [-0.15, -0.1) is 0 Å². The fourth-order valence-corrected chi connectivity index (χ4v) is 0.474. The Labute approximate surface area is 50.9 Å². The van der Waals surface area contributed by atoms with Crippen LogP contribution in [0.2, 0.25) is 0 Å². The van der Waals surface area contributed by atoms with Gasteiger partial charge in [-0.3, -0.25) is 0 Å². The van der Waals surface area contributed by atoms with Gasteiger partial charge in [0, 0.05) is 0 Å². The summed E-state index contributed by atoms with van der Waals surface area (Å²) in [5.41, 5.74) is 3.18. The van der Waals surface area contributed by atoms with Crippen LogP contribution in [0.4, 0.5) is 0 Å². The first-order chi connectivity index (χ1) is 3.68. The van der Waals surface area contributed by atoms with E-state index in [1.54, 1.807) is 0 Å². The minimum absolute atomic E-state index is 0.0856. The molecule has 0 saturated carbocycles. The van der Waals surface area contributed by atoms with E-state index in [-0.39, 0.29) is 5.75 Å². The monoisotopic (exact) mass is 137 g/mol. The molecule has 0 unspecified atom stereocenters. The molecule has 0 rings (SSSR count). The molecule has 5 heteroatoms. The van der Waals surface area contributed by atoms with Gasteiger partial charge in [0.1, 0.15) is 12.0 Å². The summed E-state index contributed by atoms with van der Waals surface area (Å²) in [6.45, 7) is 0. The maximum Gasteiger partial charge on any atom is 0.136 e. The second kappa shape index (κ2) is 3.71. The van der Waals surface area contributed by atoms with Crippen LogP contribution in [-0.2, 0) is 4.79 Å². The van der Waals surface area contributed by atoms with Crippen LogP contribution < -0.4 is 10.8 Å². The molecule has 0 aliphatic carbocycles. The average Bonchev–Trinajstić information content (AvgIpc) is 1.67. The Kier molecular flexibility index (Phi) is 3.59. The van der Waals surface area contributed by atoms with Crippen LogP contribution in [0.25, 0.3) is 0 Å². The van der Waals surface area contributed by atoms with Crippen LogP contribution in [0.15, 0.2) is 0 Å². The van der Waals surface area contributed by atoms with Crippen molar-refractivity contribution in [1.82, 2.24) is 0 Å². The zero-order valence-corrected chi connectivity index (χ0v) is 4.98. The van der Waals surface area contributed by atoms with E-state index in [1.165, 1.54) is 0 Å². The molecule has 8 heavy (non-hydrogen) atoms. The number of carboxylic acids is 1. The van der Waals surface area contributed by atoms with E-state index < -0.39 is 12.0 Å². The van der Waals surface area contributed by atoms with Crippen LogP contribution in [0.3, 0.4) is 0 Å². The third-order valence-electron chi connectivity index (χ3n) is 0.609. The third-order valence-corrected chi connectivity index (χ3v) is 1.16. The Morgan fingerprint density at radius 2 is 2.50 bits per heavy atom. The van der Waals surface area contributed by atoms with E-state index >= 15 is 0 Å². The van der Waals surface area contributed by atoms with Gasteiger partial charge in [0.2, 0.25) is 0 Å². The number of quaternary nitrogens is 1. The zero-order valence-electron chi connectivity index (χ0n) is 4.16. The van der Waals surface area contributed by atoms with E-state index in [0.29, 0.717) is 12.0 Å². The van der Waals surface area contributed by atoms with Crippen molar-refractivity contribution in [3.8, 4) is 0 Å². The van der Waals surface area contributed by atoms with Gasteiger partial charge in [0.15, 0.2) is 0 Å². The molecule has 0 aliphatic rings. The fraction of sp³-hybridized carbons (Fsp3) is 0.667. The molecule has 1 atom stereocenters.